The first-order valence-electron chi connectivity index (χ1n) is 5.93. The Balaban J connectivity index is 3.05. The lowest BCUT2D eigenvalue weighted by molar-refractivity contribution is -0.143. The van der Waals surface area contributed by atoms with E-state index in [9.17, 15) is 13.2 Å². The number of ether oxygens (including phenoxy) is 1. The van der Waals surface area contributed by atoms with Gasteiger partial charge in [0.2, 0.25) is 10.0 Å². The number of nitrogens with zero attached hydrogens (tertiary/aromatic N) is 1. The number of carbonyl (C=O) groups is 1. The largest absolute Gasteiger partial charge is 0.465 e. The average molecular weight is 385 g/mol. The van der Waals surface area contributed by atoms with E-state index in [1.165, 1.54) is 18.2 Å². The van der Waals surface area contributed by atoms with Gasteiger partial charge in [-0.3, -0.25) is 4.79 Å². The first-order valence-corrected chi connectivity index (χ1v) is 8.54. The molecule has 0 atom stereocenters. The van der Waals surface area contributed by atoms with Crippen molar-refractivity contribution in [3.8, 4) is 0 Å². The van der Waals surface area contributed by atoms with E-state index in [-0.39, 0.29) is 24.6 Å². The molecule has 0 aromatic heterocycles. The molecule has 20 heavy (non-hydrogen) atoms. The van der Waals surface area contributed by atoms with Gasteiger partial charge in [-0.25, -0.2) is 8.42 Å². The maximum Gasteiger partial charge on any atom is 0.321 e. The zero-order chi connectivity index (χ0) is 15.3. The SMILES string of the molecule is CCOC(=O)CN(CC)S(=O)(=O)c1ccc(Cl)c(Br)c1. The highest BCUT2D eigenvalue weighted by Gasteiger charge is 2.26. The summed E-state index contributed by atoms with van der Waals surface area (Å²) in [6.07, 6.45) is 0. The molecule has 0 unspecified atom stereocenters. The second-order valence-corrected chi connectivity index (χ2v) is 7.01. The van der Waals surface area contributed by atoms with Gasteiger partial charge in [-0.2, -0.15) is 4.31 Å². The molecule has 0 spiro atoms. The fourth-order valence-electron chi connectivity index (χ4n) is 1.50. The molecule has 112 valence electrons. The number of hydrogen-bond acceptors (Lipinski definition) is 4. The number of rotatable bonds is 6. The maximum atomic E-state index is 12.4. The lowest BCUT2D eigenvalue weighted by atomic mass is 10.4. The Bertz CT molecular complexity index is 591. The first kappa shape index (κ1) is 17.4. The molecular weight excluding hydrogens is 370 g/mol. The summed E-state index contributed by atoms with van der Waals surface area (Å²) in [6, 6.07) is 4.29. The van der Waals surface area contributed by atoms with E-state index in [1.807, 2.05) is 0 Å². The van der Waals surface area contributed by atoms with Gasteiger partial charge in [0.25, 0.3) is 0 Å². The van der Waals surface area contributed by atoms with E-state index in [0.717, 1.165) is 4.31 Å². The number of sulfonamides is 1. The van der Waals surface area contributed by atoms with Crippen LogP contribution in [-0.4, -0.2) is 38.4 Å². The molecule has 0 saturated carbocycles. The van der Waals surface area contributed by atoms with Crippen LogP contribution in [0.25, 0.3) is 0 Å². The Morgan fingerprint density at radius 3 is 2.55 bits per heavy atom. The highest BCUT2D eigenvalue weighted by atomic mass is 79.9. The van der Waals surface area contributed by atoms with Crippen molar-refractivity contribution in [2.75, 3.05) is 19.7 Å². The van der Waals surface area contributed by atoms with E-state index in [1.54, 1.807) is 13.8 Å². The molecule has 0 amide bonds. The quantitative estimate of drug-likeness (QED) is 0.707. The number of carbonyl (C=O) groups excluding carboxylic acids is 1. The molecule has 0 radical (unpaired) electrons. The van der Waals surface area contributed by atoms with Crippen molar-refractivity contribution in [1.82, 2.24) is 4.31 Å². The normalized spacial score (nSPS) is 11.7. The summed E-state index contributed by atoms with van der Waals surface area (Å²) >= 11 is 9.02. The Labute approximate surface area is 132 Å². The summed E-state index contributed by atoms with van der Waals surface area (Å²) in [6.45, 7) is 3.39. The van der Waals surface area contributed by atoms with Gasteiger partial charge < -0.3 is 4.74 Å². The number of hydrogen-bond donors (Lipinski definition) is 0. The van der Waals surface area contributed by atoms with E-state index in [0.29, 0.717) is 9.50 Å². The molecule has 0 aliphatic rings. The van der Waals surface area contributed by atoms with Crippen LogP contribution in [0.5, 0.6) is 0 Å². The Morgan fingerprint density at radius 1 is 1.40 bits per heavy atom. The van der Waals surface area contributed by atoms with Crippen molar-refractivity contribution < 1.29 is 17.9 Å². The molecule has 0 bridgehead atoms. The zero-order valence-corrected chi connectivity index (χ0v) is 14.3. The third-order valence-electron chi connectivity index (χ3n) is 2.49. The summed E-state index contributed by atoms with van der Waals surface area (Å²) < 4.78 is 31.1. The van der Waals surface area contributed by atoms with Crippen molar-refractivity contribution >= 4 is 43.5 Å². The monoisotopic (exact) mass is 383 g/mol. The van der Waals surface area contributed by atoms with Gasteiger partial charge in [0, 0.05) is 11.0 Å². The highest BCUT2D eigenvalue weighted by molar-refractivity contribution is 9.10. The van der Waals surface area contributed by atoms with E-state index < -0.39 is 16.0 Å². The molecule has 1 aromatic rings. The molecule has 0 fully saturated rings. The summed E-state index contributed by atoms with van der Waals surface area (Å²) in [7, 11) is -3.76. The predicted molar refractivity (Wildman–Crippen MR) is 80.2 cm³/mol. The molecule has 0 heterocycles. The highest BCUT2D eigenvalue weighted by Crippen LogP contribution is 2.26. The molecular formula is C12H15BrClNO4S. The topological polar surface area (TPSA) is 63.7 Å². The lowest BCUT2D eigenvalue weighted by Crippen LogP contribution is -2.36. The lowest BCUT2D eigenvalue weighted by Gasteiger charge is -2.19. The zero-order valence-electron chi connectivity index (χ0n) is 11.1. The Kier molecular flexibility index (Phi) is 6.44. The standard InChI is InChI=1S/C12H15BrClNO4S/c1-3-15(8-12(16)19-4-2)20(17,18)9-5-6-11(14)10(13)7-9/h5-7H,3-4,8H2,1-2H3. The van der Waals surface area contributed by atoms with Gasteiger partial charge >= 0.3 is 5.97 Å². The third kappa shape index (κ3) is 4.18. The smallest absolute Gasteiger partial charge is 0.321 e. The molecule has 0 aliphatic heterocycles. The maximum absolute atomic E-state index is 12.4. The number of likely N-dealkylation sites (N-methyl/N-ethyl adjacent to an activating group) is 1. The average Bonchev–Trinajstić information content (AvgIpc) is 2.39. The van der Waals surface area contributed by atoms with Crippen molar-refractivity contribution in [2.45, 2.75) is 18.7 Å². The number of benzene rings is 1. The van der Waals surface area contributed by atoms with Crippen LogP contribution in [0, 0.1) is 0 Å². The Hall–Kier alpha value is -0.630. The van der Waals surface area contributed by atoms with E-state index in [4.69, 9.17) is 16.3 Å². The van der Waals surface area contributed by atoms with Crippen LogP contribution < -0.4 is 0 Å². The first-order chi connectivity index (χ1) is 9.32. The van der Waals surface area contributed by atoms with Gasteiger partial charge in [0.1, 0.15) is 6.54 Å². The van der Waals surface area contributed by atoms with Gasteiger partial charge in [-0.1, -0.05) is 18.5 Å². The van der Waals surface area contributed by atoms with Crippen LogP contribution in [-0.2, 0) is 19.6 Å². The van der Waals surface area contributed by atoms with Crippen molar-refractivity contribution in [3.63, 3.8) is 0 Å². The summed E-state index contributed by atoms with van der Waals surface area (Å²) in [5.74, 6) is -0.578. The minimum atomic E-state index is -3.76. The summed E-state index contributed by atoms with van der Waals surface area (Å²) in [5, 5.41) is 0.414. The van der Waals surface area contributed by atoms with Crippen LogP contribution in [0.4, 0.5) is 0 Å². The molecule has 5 nitrogen and oxygen atoms in total. The molecule has 1 aromatic carbocycles. The van der Waals surface area contributed by atoms with Crippen molar-refractivity contribution in [2.24, 2.45) is 0 Å². The minimum Gasteiger partial charge on any atom is -0.465 e. The summed E-state index contributed by atoms with van der Waals surface area (Å²) in [5.41, 5.74) is 0. The van der Waals surface area contributed by atoms with Gasteiger partial charge in [-0.15, -0.1) is 0 Å². The Morgan fingerprint density at radius 2 is 2.05 bits per heavy atom. The third-order valence-corrected chi connectivity index (χ3v) is 5.62. The van der Waals surface area contributed by atoms with Crippen LogP contribution in [0.3, 0.4) is 0 Å². The predicted octanol–water partition coefficient (Wildman–Crippen LogP) is 2.68. The van der Waals surface area contributed by atoms with E-state index in [2.05, 4.69) is 15.9 Å². The molecule has 1 rings (SSSR count). The molecule has 0 N–H and O–H groups in total. The minimum absolute atomic E-state index is 0.0694. The fourth-order valence-corrected chi connectivity index (χ4v) is 3.57. The van der Waals surface area contributed by atoms with Crippen LogP contribution >= 0.6 is 27.5 Å². The van der Waals surface area contributed by atoms with Crippen LogP contribution in [0.2, 0.25) is 5.02 Å². The van der Waals surface area contributed by atoms with E-state index >= 15 is 0 Å². The van der Waals surface area contributed by atoms with Crippen LogP contribution in [0.1, 0.15) is 13.8 Å². The van der Waals surface area contributed by atoms with Gasteiger partial charge in [0.05, 0.1) is 16.5 Å². The molecule has 0 saturated heterocycles. The second-order valence-electron chi connectivity index (χ2n) is 3.81. The summed E-state index contributed by atoms with van der Waals surface area (Å²) in [4.78, 5) is 11.5. The van der Waals surface area contributed by atoms with Gasteiger partial charge in [0.15, 0.2) is 0 Å². The van der Waals surface area contributed by atoms with Crippen LogP contribution in [0.15, 0.2) is 27.6 Å². The number of halogens is 2. The van der Waals surface area contributed by atoms with Crippen molar-refractivity contribution in [3.05, 3.63) is 27.7 Å². The van der Waals surface area contributed by atoms with Crippen molar-refractivity contribution in [1.29, 1.82) is 0 Å². The number of esters is 1. The molecule has 8 heteroatoms. The molecule has 0 aliphatic carbocycles. The van der Waals surface area contributed by atoms with Gasteiger partial charge in [-0.05, 0) is 41.1 Å². The fraction of sp³-hybridized carbons (Fsp3) is 0.417. The second kappa shape index (κ2) is 7.40.